The van der Waals surface area contributed by atoms with Crippen molar-refractivity contribution in [3.63, 3.8) is 0 Å². The Balaban J connectivity index is 1.75. The third kappa shape index (κ3) is 4.62. The molecule has 2 aromatic carbocycles. The van der Waals surface area contributed by atoms with Crippen molar-refractivity contribution in [1.82, 2.24) is 10.2 Å². The first-order valence-electron chi connectivity index (χ1n) is 9.02. The summed E-state index contributed by atoms with van der Waals surface area (Å²) < 4.78 is 27.6. The standard InChI is InChI=1S/C21H18F2N2O5/c22-14-4-2-13(3-5-14)15-6-1-12(9-16(15)23)11-25-8-7-17(26)19(21(25)30)20(29)24-10-18(27)28/h1-6,9,26H,7-8,10-11H2,(H,24,29)(H,27,28). The Labute approximate surface area is 170 Å². The predicted octanol–water partition coefficient (Wildman–Crippen LogP) is 2.38. The van der Waals surface area contributed by atoms with Crippen LogP contribution >= 0.6 is 0 Å². The lowest BCUT2D eigenvalue weighted by molar-refractivity contribution is -0.138. The fourth-order valence-corrected chi connectivity index (χ4v) is 3.11. The monoisotopic (exact) mass is 416 g/mol. The highest BCUT2D eigenvalue weighted by atomic mass is 19.1. The largest absolute Gasteiger partial charge is 0.511 e. The number of carboxylic acids is 1. The van der Waals surface area contributed by atoms with Crippen molar-refractivity contribution in [3.05, 3.63) is 71.0 Å². The maximum atomic E-state index is 14.6. The van der Waals surface area contributed by atoms with Crippen LogP contribution in [0.5, 0.6) is 0 Å². The number of benzene rings is 2. The van der Waals surface area contributed by atoms with Gasteiger partial charge in [0.15, 0.2) is 0 Å². The molecular weight excluding hydrogens is 398 g/mol. The molecule has 7 nitrogen and oxygen atoms in total. The number of nitrogens with zero attached hydrogens (tertiary/aromatic N) is 1. The van der Waals surface area contributed by atoms with Gasteiger partial charge in [-0.2, -0.15) is 0 Å². The van der Waals surface area contributed by atoms with Gasteiger partial charge in [-0.1, -0.05) is 24.3 Å². The second-order valence-corrected chi connectivity index (χ2v) is 6.70. The van der Waals surface area contributed by atoms with Gasteiger partial charge < -0.3 is 20.4 Å². The van der Waals surface area contributed by atoms with Gasteiger partial charge in [0.1, 0.15) is 29.5 Å². The minimum Gasteiger partial charge on any atom is -0.511 e. The number of amides is 2. The van der Waals surface area contributed by atoms with Crippen LogP contribution in [0.3, 0.4) is 0 Å². The third-order valence-electron chi connectivity index (χ3n) is 4.60. The van der Waals surface area contributed by atoms with Crippen LogP contribution in [0.4, 0.5) is 8.78 Å². The number of aliphatic hydroxyl groups is 1. The molecule has 2 aromatic rings. The van der Waals surface area contributed by atoms with E-state index in [9.17, 15) is 28.3 Å². The highest BCUT2D eigenvalue weighted by Crippen LogP contribution is 2.26. The van der Waals surface area contributed by atoms with Gasteiger partial charge >= 0.3 is 5.97 Å². The summed E-state index contributed by atoms with van der Waals surface area (Å²) in [5.74, 6) is -4.45. The van der Waals surface area contributed by atoms with Crippen molar-refractivity contribution < 1.29 is 33.4 Å². The minimum absolute atomic E-state index is 0.0115. The summed E-state index contributed by atoms with van der Waals surface area (Å²) in [7, 11) is 0. The van der Waals surface area contributed by atoms with Crippen LogP contribution in [0, 0.1) is 11.6 Å². The summed E-state index contributed by atoms with van der Waals surface area (Å²) in [6.45, 7) is -0.594. The summed E-state index contributed by atoms with van der Waals surface area (Å²) >= 11 is 0. The second-order valence-electron chi connectivity index (χ2n) is 6.70. The molecule has 0 aliphatic carbocycles. The lowest BCUT2D eigenvalue weighted by Gasteiger charge is -2.28. The topological polar surface area (TPSA) is 107 Å². The Morgan fingerprint density at radius 3 is 2.43 bits per heavy atom. The highest BCUT2D eigenvalue weighted by molar-refractivity contribution is 6.19. The molecule has 3 rings (SSSR count). The third-order valence-corrected chi connectivity index (χ3v) is 4.60. The highest BCUT2D eigenvalue weighted by Gasteiger charge is 2.32. The zero-order valence-electron chi connectivity index (χ0n) is 15.7. The summed E-state index contributed by atoms with van der Waals surface area (Å²) in [6, 6.07) is 9.73. The van der Waals surface area contributed by atoms with E-state index in [1.54, 1.807) is 6.07 Å². The van der Waals surface area contributed by atoms with Crippen LogP contribution in [0.1, 0.15) is 12.0 Å². The molecule has 0 spiro atoms. The molecule has 0 unspecified atom stereocenters. The Kier molecular flexibility index (Phi) is 6.10. The van der Waals surface area contributed by atoms with E-state index >= 15 is 0 Å². The van der Waals surface area contributed by atoms with E-state index in [0.29, 0.717) is 11.1 Å². The van der Waals surface area contributed by atoms with Crippen molar-refractivity contribution in [2.24, 2.45) is 0 Å². The summed E-state index contributed by atoms with van der Waals surface area (Å²) in [5, 5.41) is 20.6. The molecular formula is C21H18F2N2O5. The molecule has 3 N–H and O–H groups in total. The lowest BCUT2D eigenvalue weighted by atomic mass is 10.0. The predicted molar refractivity (Wildman–Crippen MR) is 102 cm³/mol. The van der Waals surface area contributed by atoms with E-state index in [1.807, 2.05) is 5.32 Å². The Morgan fingerprint density at radius 2 is 1.80 bits per heavy atom. The van der Waals surface area contributed by atoms with Crippen LogP contribution in [0.2, 0.25) is 0 Å². The molecule has 0 radical (unpaired) electrons. The molecule has 2 amide bonds. The Morgan fingerprint density at radius 1 is 1.10 bits per heavy atom. The van der Waals surface area contributed by atoms with Gasteiger partial charge in [0.05, 0.1) is 0 Å². The molecule has 9 heteroatoms. The number of carbonyl (C=O) groups is 3. The van der Waals surface area contributed by atoms with Crippen molar-refractivity contribution in [3.8, 4) is 11.1 Å². The number of hydrogen-bond acceptors (Lipinski definition) is 4. The van der Waals surface area contributed by atoms with Crippen molar-refractivity contribution in [2.75, 3.05) is 13.1 Å². The van der Waals surface area contributed by atoms with Crippen LogP contribution in [0.25, 0.3) is 11.1 Å². The van der Waals surface area contributed by atoms with Gasteiger partial charge in [0.2, 0.25) is 0 Å². The normalized spacial score (nSPS) is 14.1. The Bertz CT molecular complexity index is 1030. The van der Waals surface area contributed by atoms with E-state index in [0.717, 1.165) is 0 Å². The first kappa shape index (κ1) is 21.0. The summed E-state index contributed by atoms with van der Waals surface area (Å²) in [5.41, 5.74) is 0.707. The zero-order valence-corrected chi connectivity index (χ0v) is 15.7. The van der Waals surface area contributed by atoms with E-state index < -0.39 is 47.3 Å². The first-order chi connectivity index (χ1) is 14.3. The molecule has 1 aliphatic heterocycles. The van der Waals surface area contributed by atoms with E-state index in [1.165, 1.54) is 41.3 Å². The molecule has 0 bridgehead atoms. The molecule has 1 aliphatic rings. The minimum atomic E-state index is -1.29. The number of carboxylic acid groups (broad SMARTS) is 1. The van der Waals surface area contributed by atoms with Crippen molar-refractivity contribution in [2.45, 2.75) is 13.0 Å². The molecule has 1 heterocycles. The fraction of sp³-hybridized carbons (Fsp3) is 0.190. The molecule has 30 heavy (non-hydrogen) atoms. The number of hydrogen-bond donors (Lipinski definition) is 3. The number of rotatable bonds is 6. The van der Waals surface area contributed by atoms with Gasteiger partial charge in [-0.15, -0.1) is 0 Å². The molecule has 0 atom stereocenters. The van der Waals surface area contributed by atoms with Crippen molar-refractivity contribution >= 4 is 17.8 Å². The summed E-state index contributed by atoms with van der Waals surface area (Å²) in [6.07, 6.45) is 0.0116. The van der Waals surface area contributed by atoms with Gasteiger partial charge in [-0.25, -0.2) is 8.78 Å². The van der Waals surface area contributed by atoms with Gasteiger partial charge in [-0.3, -0.25) is 14.4 Å². The molecule has 0 saturated carbocycles. The fourth-order valence-electron chi connectivity index (χ4n) is 3.11. The molecule has 156 valence electrons. The SMILES string of the molecule is O=C(O)CNC(=O)C1=C(O)CCN(Cc2ccc(-c3ccc(F)cc3)c(F)c2)C1=O. The maximum Gasteiger partial charge on any atom is 0.322 e. The van der Waals surface area contributed by atoms with E-state index in [4.69, 9.17) is 5.11 Å². The van der Waals surface area contributed by atoms with Gasteiger partial charge in [0, 0.05) is 25.1 Å². The zero-order chi connectivity index (χ0) is 21.8. The molecule has 0 fully saturated rings. The lowest BCUT2D eigenvalue weighted by Crippen LogP contribution is -2.43. The number of aliphatic carboxylic acids is 1. The van der Waals surface area contributed by atoms with E-state index in [2.05, 4.69) is 0 Å². The average molecular weight is 416 g/mol. The summed E-state index contributed by atoms with van der Waals surface area (Å²) in [4.78, 5) is 36.5. The first-order valence-corrected chi connectivity index (χ1v) is 9.02. The van der Waals surface area contributed by atoms with E-state index in [-0.39, 0.29) is 25.1 Å². The maximum absolute atomic E-state index is 14.6. The number of aliphatic hydroxyl groups excluding tert-OH is 1. The second kappa shape index (κ2) is 8.73. The van der Waals surface area contributed by atoms with Crippen LogP contribution < -0.4 is 5.32 Å². The van der Waals surface area contributed by atoms with Crippen LogP contribution in [-0.2, 0) is 20.9 Å². The number of carbonyl (C=O) groups excluding carboxylic acids is 2. The molecule has 0 aromatic heterocycles. The van der Waals surface area contributed by atoms with Crippen molar-refractivity contribution in [1.29, 1.82) is 0 Å². The average Bonchev–Trinajstić information content (AvgIpc) is 2.70. The number of nitrogens with one attached hydrogen (secondary N) is 1. The smallest absolute Gasteiger partial charge is 0.322 e. The number of halogens is 2. The Hall–Kier alpha value is -3.75. The van der Waals surface area contributed by atoms with Crippen LogP contribution in [0.15, 0.2) is 53.8 Å². The van der Waals surface area contributed by atoms with Gasteiger partial charge in [0.25, 0.3) is 11.8 Å². The van der Waals surface area contributed by atoms with Crippen LogP contribution in [-0.4, -0.2) is 46.0 Å². The molecule has 0 saturated heterocycles. The van der Waals surface area contributed by atoms with Gasteiger partial charge in [-0.05, 0) is 29.3 Å². The quantitative estimate of drug-likeness (QED) is 0.627.